The minimum absolute atomic E-state index is 0.145. The third-order valence-corrected chi connectivity index (χ3v) is 5.72. The highest BCUT2D eigenvalue weighted by molar-refractivity contribution is 9.11. The number of ether oxygens (including phenoxy) is 2. The Morgan fingerprint density at radius 3 is 2.92 bits per heavy atom. The Hall–Kier alpha value is -1.63. The van der Waals surface area contributed by atoms with E-state index in [1.807, 2.05) is 11.4 Å². The van der Waals surface area contributed by atoms with E-state index in [2.05, 4.69) is 30.9 Å². The lowest BCUT2D eigenvalue weighted by molar-refractivity contribution is -0.0682. The second-order valence-corrected chi connectivity index (χ2v) is 8.19. The van der Waals surface area contributed by atoms with Gasteiger partial charge in [0, 0.05) is 0 Å². The normalized spacial score (nSPS) is 26.0. The van der Waals surface area contributed by atoms with Crippen molar-refractivity contribution >= 4 is 44.2 Å². The van der Waals surface area contributed by atoms with Crippen molar-refractivity contribution in [3.8, 4) is 0 Å². The Balaban J connectivity index is 1.46. The quantitative estimate of drug-likeness (QED) is 0.535. The van der Waals surface area contributed by atoms with Crippen molar-refractivity contribution in [3.05, 3.63) is 33.5 Å². The molecule has 9 nitrogen and oxygen atoms in total. The number of nitrogen functional groups attached to an aromatic ring is 1. The molecule has 0 amide bonds. The van der Waals surface area contributed by atoms with E-state index in [1.165, 1.54) is 17.2 Å². The Kier molecular flexibility index (Phi) is 4.90. The molecular formula is C15H16BrN5O4S. The average Bonchev–Trinajstić information content (AvgIpc) is 3.30. The number of aliphatic hydroxyl groups excluding tert-OH is 2. The molecule has 26 heavy (non-hydrogen) atoms. The minimum atomic E-state index is -1.15. The van der Waals surface area contributed by atoms with Crippen molar-refractivity contribution in [1.29, 1.82) is 0 Å². The van der Waals surface area contributed by atoms with Gasteiger partial charge in [0.25, 0.3) is 0 Å². The van der Waals surface area contributed by atoms with E-state index in [-0.39, 0.29) is 12.4 Å². The van der Waals surface area contributed by atoms with Gasteiger partial charge < -0.3 is 25.4 Å². The number of fused-ring (bicyclic) bond motifs is 1. The molecule has 1 saturated heterocycles. The Labute approximate surface area is 160 Å². The monoisotopic (exact) mass is 441 g/mol. The lowest BCUT2D eigenvalue weighted by atomic mass is 10.1. The van der Waals surface area contributed by atoms with Crippen LogP contribution in [0, 0.1) is 0 Å². The molecule has 1 fully saturated rings. The average molecular weight is 442 g/mol. The van der Waals surface area contributed by atoms with Crippen LogP contribution >= 0.6 is 27.3 Å². The molecule has 4 N–H and O–H groups in total. The fourth-order valence-corrected chi connectivity index (χ4v) is 4.06. The summed E-state index contributed by atoms with van der Waals surface area (Å²) < 4.78 is 14.0. The number of aromatic nitrogens is 4. The molecule has 0 unspecified atom stereocenters. The van der Waals surface area contributed by atoms with E-state index in [0.717, 1.165) is 9.35 Å². The van der Waals surface area contributed by atoms with Crippen molar-refractivity contribution in [3.63, 3.8) is 0 Å². The molecule has 4 atom stereocenters. The summed E-state index contributed by atoms with van der Waals surface area (Å²) in [6.45, 7) is 0.541. The summed E-state index contributed by atoms with van der Waals surface area (Å²) in [7, 11) is 0. The van der Waals surface area contributed by atoms with Crippen LogP contribution in [0.3, 0.4) is 0 Å². The van der Waals surface area contributed by atoms with Gasteiger partial charge in [0.2, 0.25) is 0 Å². The van der Waals surface area contributed by atoms with E-state index in [0.29, 0.717) is 17.8 Å². The third kappa shape index (κ3) is 3.21. The first-order chi connectivity index (χ1) is 12.5. The zero-order chi connectivity index (χ0) is 18.3. The summed E-state index contributed by atoms with van der Waals surface area (Å²) in [4.78, 5) is 12.2. The Morgan fingerprint density at radius 1 is 1.31 bits per heavy atom. The van der Waals surface area contributed by atoms with Crippen molar-refractivity contribution in [2.24, 2.45) is 0 Å². The van der Waals surface area contributed by atoms with Gasteiger partial charge in [0.1, 0.15) is 30.2 Å². The summed E-state index contributed by atoms with van der Waals surface area (Å²) in [6.07, 6.45) is -0.976. The van der Waals surface area contributed by atoms with Gasteiger partial charge in [-0.15, -0.1) is 11.3 Å². The molecule has 0 aliphatic carbocycles. The largest absolute Gasteiger partial charge is 0.387 e. The smallest absolute Gasteiger partial charge is 0.167 e. The molecule has 4 rings (SSSR count). The lowest BCUT2D eigenvalue weighted by Crippen LogP contribution is -2.33. The first kappa shape index (κ1) is 17.8. The highest BCUT2D eigenvalue weighted by Crippen LogP contribution is 2.32. The number of halogens is 1. The molecule has 0 radical (unpaired) electrons. The minimum Gasteiger partial charge on any atom is -0.387 e. The number of thiophene rings is 1. The highest BCUT2D eigenvalue weighted by atomic mass is 79.9. The molecule has 138 valence electrons. The van der Waals surface area contributed by atoms with Crippen LogP contribution in [0.4, 0.5) is 5.82 Å². The zero-order valence-corrected chi connectivity index (χ0v) is 15.8. The van der Waals surface area contributed by atoms with Crippen molar-refractivity contribution in [2.45, 2.75) is 31.1 Å². The number of imidazole rings is 1. The van der Waals surface area contributed by atoms with Gasteiger partial charge >= 0.3 is 0 Å². The van der Waals surface area contributed by atoms with Crippen LogP contribution in [0.1, 0.15) is 11.8 Å². The number of nitrogens with zero attached hydrogens (tertiary/aromatic N) is 4. The van der Waals surface area contributed by atoms with Crippen LogP contribution in [-0.2, 0) is 16.1 Å². The SMILES string of the molecule is Nc1ncnc2c1ncn2[C@@H]1O[C@H](COCc2csc(Br)c2)[C@@H](O)[C@H]1O. The van der Waals surface area contributed by atoms with E-state index < -0.39 is 24.5 Å². The van der Waals surface area contributed by atoms with Crippen molar-refractivity contribution in [1.82, 2.24) is 19.5 Å². The molecule has 4 heterocycles. The predicted octanol–water partition coefficient (Wildman–Crippen LogP) is 1.07. The van der Waals surface area contributed by atoms with Crippen LogP contribution in [0.5, 0.6) is 0 Å². The predicted molar refractivity (Wildman–Crippen MR) is 97.3 cm³/mol. The summed E-state index contributed by atoms with van der Waals surface area (Å²) in [5, 5.41) is 22.7. The highest BCUT2D eigenvalue weighted by Gasteiger charge is 2.44. The lowest BCUT2D eigenvalue weighted by Gasteiger charge is -2.16. The topological polar surface area (TPSA) is 129 Å². The molecule has 0 aromatic carbocycles. The number of nitrogens with two attached hydrogens (primary N) is 1. The summed E-state index contributed by atoms with van der Waals surface area (Å²) in [6, 6.07) is 1.97. The first-order valence-electron chi connectivity index (χ1n) is 7.80. The van der Waals surface area contributed by atoms with Gasteiger partial charge in [-0.05, 0) is 32.9 Å². The molecule has 0 bridgehead atoms. The Bertz CT molecular complexity index is 918. The van der Waals surface area contributed by atoms with Gasteiger partial charge in [-0.3, -0.25) is 4.57 Å². The fourth-order valence-electron chi connectivity index (χ4n) is 2.87. The van der Waals surface area contributed by atoms with Gasteiger partial charge in [-0.2, -0.15) is 0 Å². The summed E-state index contributed by atoms with van der Waals surface area (Å²) in [5.74, 6) is 0.239. The first-order valence-corrected chi connectivity index (χ1v) is 9.47. The summed E-state index contributed by atoms with van der Waals surface area (Å²) >= 11 is 4.97. The van der Waals surface area contributed by atoms with Crippen LogP contribution in [0.15, 0.2) is 27.9 Å². The maximum absolute atomic E-state index is 10.4. The zero-order valence-electron chi connectivity index (χ0n) is 13.4. The second kappa shape index (κ2) is 7.18. The van der Waals surface area contributed by atoms with Gasteiger partial charge in [0.05, 0.1) is 23.3 Å². The number of aliphatic hydroxyl groups is 2. The molecule has 1 aliphatic heterocycles. The summed E-state index contributed by atoms with van der Waals surface area (Å²) in [5.41, 5.74) is 7.65. The number of anilines is 1. The number of hydrogen-bond donors (Lipinski definition) is 3. The molecule has 11 heteroatoms. The van der Waals surface area contributed by atoms with Crippen LogP contribution < -0.4 is 5.73 Å². The van der Waals surface area contributed by atoms with Gasteiger partial charge in [-0.25, -0.2) is 15.0 Å². The van der Waals surface area contributed by atoms with Crippen LogP contribution in [-0.4, -0.2) is 54.7 Å². The molecule has 0 spiro atoms. The van der Waals surface area contributed by atoms with E-state index in [9.17, 15) is 10.2 Å². The maximum Gasteiger partial charge on any atom is 0.167 e. The van der Waals surface area contributed by atoms with E-state index in [1.54, 1.807) is 11.3 Å². The van der Waals surface area contributed by atoms with E-state index >= 15 is 0 Å². The van der Waals surface area contributed by atoms with Crippen LogP contribution in [0.2, 0.25) is 0 Å². The molecular weight excluding hydrogens is 426 g/mol. The van der Waals surface area contributed by atoms with Gasteiger partial charge in [0.15, 0.2) is 17.7 Å². The van der Waals surface area contributed by atoms with Crippen molar-refractivity contribution < 1.29 is 19.7 Å². The molecule has 0 saturated carbocycles. The maximum atomic E-state index is 10.4. The molecule has 1 aliphatic rings. The third-order valence-electron chi connectivity index (χ3n) is 4.17. The van der Waals surface area contributed by atoms with E-state index in [4.69, 9.17) is 15.2 Å². The standard InChI is InChI=1S/C15H16BrN5O4S/c16-9-1-7(4-26-9)2-24-3-8-11(22)12(23)15(25-8)21-6-20-10-13(17)18-5-19-14(10)21/h1,4-6,8,11-12,15,22-23H,2-3H2,(H2,17,18,19)/t8-,11-,12-,15-/m1/s1. The Morgan fingerprint density at radius 2 is 2.15 bits per heavy atom. The second-order valence-electron chi connectivity index (χ2n) is 5.90. The number of hydrogen-bond acceptors (Lipinski definition) is 9. The van der Waals surface area contributed by atoms with Crippen molar-refractivity contribution in [2.75, 3.05) is 12.3 Å². The van der Waals surface area contributed by atoms with Crippen LogP contribution in [0.25, 0.3) is 11.2 Å². The molecule has 3 aromatic rings. The van der Waals surface area contributed by atoms with Gasteiger partial charge in [-0.1, -0.05) is 0 Å². The number of rotatable bonds is 5. The fraction of sp³-hybridized carbons (Fsp3) is 0.400. The molecule has 3 aromatic heterocycles.